The molecule has 0 bridgehead atoms. The van der Waals surface area contributed by atoms with Crippen molar-refractivity contribution < 1.29 is 14.3 Å². The Balaban J connectivity index is 1.40. The maximum atomic E-state index is 12.2. The van der Waals surface area contributed by atoms with E-state index in [1.807, 2.05) is 73.4 Å². The van der Waals surface area contributed by atoms with Crippen molar-refractivity contribution in [2.45, 2.75) is 59.5 Å². The van der Waals surface area contributed by atoms with E-state index in [9.17, 15) is 4.79 Å². The summed E-state index contributed by atoms with van der Waals surface area (Å²) in [5, 5.41) is 4.80. The Bertz CT molecular complexity index is 1680. The van der Waals surface area contributed by atoms with Crippen molar-refractivity contribution in [3.05, 3.63) is 95.5 Å². The van der Waals surface area contributed by atoms with Crippen LogP contribution in [0.25, 0.3) is 22.5 Å². The number of nitrogens with zero attached hydrogens (tertiary/aromatic N) is 5. The van der Waals surface area contributed by atoms with Crippen LogP contribution >= 0.6 is 0 Å². The largest absolute Gasteiger partial charge is 0.495 e. The van der Waals surface area contributed by atoms with E-state index in [4.69, 9.17) is 19.6 Å². The van der Waals surface area contributed by atoms with Crippen molar-refractivity contribution in [3.8, 4) is 22.6 Å². The first-order chi connectivity index (χ1) is 19.1. The Labute approximate surface area is 234 Å². The molecule has 0 N–H and O–H groups in total. The summed E-state index contributed by atoms with van der Waals surface area (Å²) in [6.07, 6.45) is 7.26. The van der Waals surface area contributed by atoms with Crippen molar-refractivity contribution in [3.63, 3.8) is 0 Å². The van der Waals surface area contributed by atoms with Crippen molar-refractivity contribution in [2.24, 2.45) is 0 Å². The zero-order valence-electron chi connectivity index (χ0n) is 23.9. The Morgan fingerprint density at radius 3 is 2.55 bits per heavy atom. The summed E-state index contributed by atoms with van der Waals surface area (Å²) in [6, 6.07) is 16.5. The second-order valence-electron chi connectivity index (χ2n) is 11.1. The predicted molar refractivity (Wildman–Crippen MR) is 155 cm³/mol. The third-order valence-corrected chi connectivity index (χ3v) is 6.49. The molecule has 0 spiro atoms. The number of fused-ring (bicyclic) bond motifs is 1. The highest BCUT2D eigenvalue weighted by atomic mass is 16.6. The number of hydrogen-bond donors (Lipinski definition) is 0. The lowest BCUT2D eigenvalue weighted by atomic mass is 10.0. The molecule has 0 aliphatic heterocycles. The summed E-state index contributed by atoms with van der Waals surface area (Å²) in [5.41, 5.74) is 7.43. The molecule has 0 saturated heterocycles. The highest BCUT2D eigenvalue weighted by molar-refractivity contribution is 5.78. The van der Waals surface area contributed by atoms with Crippen LogP contribution in [-0.2, 0) is 22.4 Å². The fourth-order valence-electron chi connectivity index (χ4n) is 4.77. The number of aryl methyl sites for hydroxylation is 3. The summed E-state index contributed by atoms with van der Waals surface area (Å²) >= 11 is 0. The molecule has 0 aliphatic carbocycles. The number of hydrogen-bond acceptors (Lipinski definition) is 6. The number of pyridine rings is 1. The number of benzene rings is 2. The average Bonchev–Trinajstić information content (AvgIpc) is 3.51. The number of carbonyl (C=O) groups is 1. The topological polar surface area (TPSA) is 83.5 Å². The first-order valence-electron chi connectivity index (χ1n) is 13.4. The molecule has 3 aromatic heterocycles. The van der Waals surface area contributed by atoms with E-state index in [0.29, 0.717) is 19.3 Å². The van der Waals surface area contributed by atoms with Crippen LogP contribution in [0.1, 0.15) is 55.4 Å². The SMILES string of the molecule is COc1cc(Cc2nc3c(-c4cccc(CCC(=O)OC(C)(C)C)c4)cc(C)cn3n2)ccc1-n1cnc(C)c1. The van der Waals surface area contributed by atoms with Crippen LogP contribution in [-0.4, -0.2) is 42.8 Å². The third-order valence-electron chi connectivity index (χ3n) is 6.49. The van der Waals surface area contributed by atoms with E-state index in [-0.39, 0.29) is 5.97 Å². The number of ether oxygens (including phenoxy) is 2. The van der Waals surface area contributed by atoms with Gasteiger partial charge in [0, 0.05) is 30.8 Å². The van der Waals surface area contributed by atoms with Gasteiger partial charge in [-0.25, -0.2) is 14.5 Å². The lowest BCUT2D eigenvalue weighted by Gasteiger charge is -2.19. The molecule has 8 heteroatoms. The van der Waals surface area contributed by atoms with Crippen molar-refractivity contribution in [1.82, 2.24) is 24.1 Å². The number of aromatic nitrogens is 5. The molecule has 8 nitrogen and oxygen atoms in total. The molecule has 5 aromatic rings. The number of carbonyl (C=O) groups excluding carboxylic acids is 1. The third kappa shape index (κ3) is 6.22. The van der Waals surface area contributed by atoms with Gasteiger partial charge < -0.3 is 14.0 Å². The lowest BCUT2D eigenvalue weighted by molar-refractivity contribution is -0.154. The van der Waals surface area contributed by atoms with E-state index in [2.05, 4.69) is 36.2 Å². The van der Waals surface area contributed by atoms with Crippen LogP contribution in [0.3, 0.4) is 0 Å². The van der Waals surface area contributed by atoms with E-state index < -0.39 is 5.60 Å². The van der Waals surface area contributed by atoms with E-state index in [1.54, 1.807) is 13.4 Å². The minimum absolute atomic E-state index is 0.192. The Morgan fingerprint density at radius 2 is 1.82 bits per heavy atom. The fourth-order valence-corrected chi connectivity index (χ4v) is 4.77. The Kier molecular flexibility index (Phi) is 7.43. The van der Waals surface area contributed by atoms with Gasteiger partial charge in [0.25, 0.3) is 0 Å². The summed E-state index contributed by atoms with van der Waals surface area (Å²) in [4.78, 5) is 21.5. The summed E-state index contributed by atoms with van der Waals surface area (Å²) in [5.74, 6) is 1.29. The summed E-state index contributed by atoms with van der Waals surface area (Å²) < 4.78 is 15.0. The highest BCUT2D eigenvalue weighted by Gasteiger charge is 2.17. The maximum absolute atomic E-state index is 12.2. The van der Waals surface area contributed by atoms with Gasteiger partial charge in [-0.2, -0.15) is 5.10 Å². The number of methoxy groups -OCH3 is 1. The zero-order chi connectivity index (χ0) is 28.4. The summed E-state index contributed by atoms with van der Waals surface area (Å²) in [7, 11) is 1.67. The fraction of sp³-hybridized carbons (Fsp3) is 0.312. The monoisotopic (exact) mass is 537 g/mol. The quantitative estimate of drug-likeness (QED) is 0.223. The van der Waals surface area contributed by atoms with Gasteiger partial charge >= 0.3 is 5.97 Å². The van der Waals surface area contributed by atoms with Gasteiger partial charge in [0.2, 0.25) is 0 Å². The Morgan fingerprint density at radius 1 is 1.00 bits per heavy atom. The van der Waals surface area contributed by atoms with Crippen LogP contribution in [0.4, 0.5) is 0 Å². The first kappa shape index (κ1) is 27.1. The van der Waals surface area contributed by atoms with Gasteiger partial charge in [0.05, 0.1) is 24.8 Å². The average molecular weight is 538 g/mol. The lowest BCUT2D eigenvalue weighted by Crippen LogP contribution is -2.24. The normalized spacial score (nSPS) is 11.7. The number of imidazole rings is 1. The second kappa shape index (κ2) is 11.0. The highest BCUT2D eigenvalue weighted by Crippen LogP contribution is 2.28. The van der Waals surface area contributed by atoms with E-state index in [1.165, 1.54) is 0 Å². The van der Waals surface area contributed by atoms with Gasteiger partial charge in [-0.05, 0) is 81.5 Å². The summed E-state index contributed by atoms with van der Waals surface area (Å²) in [6.45, 7) is 9.67. The molecule has 0 aliphatic rings. The number of esters is 1. The molecule has 206 valence electrons. The molecule has 5 rings (SSSR count). The molecule has 0 fully saturated rings. The van der Waals surface area contributed by atoms with E-state index in [0.717, 1.165) is 56.4 Å². The van der Waals surface area contributed by atoms with Gasteiger partial charge in [-0.3, -0.25) is 4.79 Å². The maximum Gasteiger partial charge on any atom is 0.306 e. The number of rotatable bonds is 8. The van der Waals surface area contributed by atoms with E-state index >= 15 is 0 Å². The van der Waals surface area contributed by atoms with Gasteiger partial charge in [0.15, 0.2) is 11.5 Å². The predicted octanol–water partition coefficient (Wildman–Crippen LogP) is 6.07. The molecule has 40 heavy (non-hydrogen) atoms. The molecule has 0 radical (unpaired) electrons. The van der Waals surface area contributed by atoms with Crippen molar-refractivity contribution in [2.75, 3.05) is 7.11 Å². The molecule has 2 aromatic carbocycles. The molecule has 0 atom stereocenters. The van der Waals surface area contributed by atoms with Crippen LogP contribution in [0.15, 0.2) is 67.3 Å². The minimum Gasteiger partial charge on any atom is -0.495 e. The molecule has 0 unspecified atom stereocenters. The molecule has 3 heterocycles. The molecule has 0 amide bonds. The van der Waals surface area contributed by atoms with Crippen LogP contribution in [0.2, 0.25) is 0 Å². The first-order valence-corrected chi connectivity index (χ1v) is 13.4. The van der Waals surface area contributed by atoms with Crippen LogP contribution in [0, 0.1) is 13.8 Å². The Hall–Kier alpha value is -4.46. The van der Waals surface area contributed by atoms with Crippen LogP contribution in [0.5, 0.6) is 5.75 Å². The van der Waals surface area contributed by atoms with Gasteiger partial charge in [-0.1, -0.05) is 30.3 Å². The zero-order valence-corrected chi connectivity index (χ0v) is 23.9. The second-order valence-corrected chi connectivity index (χ2v) is 11.1. The smallest absolute Gasteiger partial charge is 0.306 e. The van der Waals surface area contributed by atoms with Crippen molar-refractivity contribution in [1.29, 1.82) is 0 Å². The van der Waals surface area contributed by atoms with Crippen molar-refractivity contribution >= 4 is 11.6 Å². The molecular weight excluding hydrogens is 502 g/mol. The van der Waals surface area contributed by atoms with Crippen LogP contribution < -0.4 is 4.74 Å². The molecule has 0 saturated carbocycles. The van der Waals surface area contributed by atoms with Gasteiger partial charge in [0.1, 0.15) is 11.4 Å². The standard InChI is InChI=1S/C32H35N5O3/c1-21-14-26(25-9-7-8-23(15-25)11-13-30(38)40-32(3,4)5)31-34-29(35-37(31)18-21)17-24-10-12-27(28(16-24)39-6)36-19-22(2)33-20-36/h7-10,12,14-16,18-20H,11,13,17H2,1-6H3. The molecular formula is C32H35N5O3. The van der Waals surface area contributed by atoms with Gasteiger partial charge in [-0.15, -0.1) is 0 Å². The minimum atomic E-state index is -0.482.